The molecule has 0 radical (unpaired) electrons. The van der Waals surface area contributed by atoms with Crippen molar-refractivity contribution in [2.75, 3.05) is 0 Å². The molecule has 0 fully saturated rings. The van der Waals surface area contributed by atoms with Gasteiger partial charge in [-0.25, -0.2) is 0 Å². The summed E-state index contributed by atoms with van der Waals surface area (Å²) < 4.78 is 0.941. The molecule has 0 aliphatic carbocycles. The van der Waals surface area contributed by atoms with Crippen molar-refractivity contribution in [1.82, 2.24) is 4.98 Å². The molecule has 18 heavy (non-hydrogen) atoms. The number of hydrogen-bond acceptors (Lipinski definition) is 2. The monoisotopic (exact) mass is 305 g/mol. The molecular weight excluding hydrogens is 290 g/mol. The van der Waals surface area contributed by atoms with Gasteiger partial charge in [-0.2, -0.15) is 0 Å². The highest BCUT2D eigenvalue weighted by atomic mass is 79.9. The van der Waals surface area contributed by atoms with Crippen LogP contribution >= 0.6 is 15.9 Å². The molecular formula is C15H16BrNO. The molecule has 0 saturated carbocycles. The van der Waals surface area contributed by atoms with Crippen LogP contribution in [0.1, 0.15) is 29.7 Å². The summed E-state index contributed by atoms with van der Waals surface area (Å²) in [7, 11) is 0. The largest absolute Gasteiger partial charge is 0.388 e. The van der Waals surface area contributed by atoms with Crippen LogP contribution in [0.4, 0.5) is 0 Å². The second kappa shape index (κ2) is 6.12. The Kier molecular flexibility index (Phi) is 4.50. The van der Waals surface area contributed by atoms with E-state index in [0.29, 0.717) is 6.42 Å². The van der Waals surface area contributed by atoms with Crippen molar-refractivity contribution in [2.24, 2.45) is 0 Å². The lowest BCUT2D eigenvalue weighted by atomic mass is 9.96. The third-order valence-electron chi connectivity index (χ3n) is 2.99. The summed E-state index contributed by atoms with van der Waals surface area (Å²) in [5.74, 6) is 0. The fourth-order valence-corrected chi connectivity index (χ4v) is 2.49. The third kappa shape index (κ3) is 3.18. The van der Waals surface area contributed by atoms with Gasteiger partial charge in [0.2, 0.25) is 0 Å². The molecule has 1 aromatic heterocycles. The second-order valence-electron chi connectivity index (χ2n) is 4.28. The maximum Gasteiger partial charge on any atom is 0.0833 e. The zero-order valence-corrected chi connectivity index (χ0v) is 11.9. The van der Waals surface area contributed by atoms with Crippen molar-refractivity contribution < 1.29 is 5.11 Å². The number of rotatable bonds is 4. The van der Waals surface area contributed by atoms with E-state index in [2.05, 4.69) is 33.9 Å². The van der Waals surface area contributed by atoms with Gasteiger partial charge in [-0.1, -0.05) is 31.2 Å². The normalized spacial score (nSPS) is 12.4. The maximum atomic E-state index is 10.3. The SMILES string of the molecule is CCc1ccccc1C(O)Cc1cncc(Br)c1. The number of aryl methyl sites for hydroxylation is 1. The summed E-state index contributed by atoms with van der Waals surface area (Å²) in [6.07, 6.45) is 4.59. The van der Waals surface area contributed by atoms with Gasteiger partial charge >= 0.3 is 0 Å². The predicted octanol–water partition coefficient (Wildman–Crippen LogP) is 3.68. The Hall–Kier alpha value is -1.19. The Balaban J connectivity index is 2.19. The fourth-order valence-electron chi connectivity index (χ4n) is 2.08. The first kappa shape index (κ1) is 13.2. The number of nitrogens with zero attached hydrogens (tertiary/aromatic N) is 1. The predicted molar refractivity (Wildman–Crippen MR) is 76.4 cm³/mol. The van der Waals surface area contributed by atoms with Crippen molar-refractivity contribution >= 4 is 15.9 Å². The van der Waals surface area contributed by atoms with Crippen molar-refractivity contribution in [2.45, 2.75) is 25.9 Å². The van der Waals surface area contributed by atoms with Crippen LogP contribution in [-0.4, -0.2) is 10.1 Å². The van der Waals surface area contributed by atoms with Crippen molar-refractivity contribution in [3.63, 3.8) is 0 Å². The smallest absolute Gasteiger partial charge is 0.0833 e. The number of pyridine rings is 1. The Morgan fingerprint density at radius 3 is 2.78 bits per heavy atom. The lowest BCUT2D eigenvalue weighted by molar-refractivity contribution is 0.177. The van der Waals surface area contributed by atoms with Gasteiger partial charge in [-0.3, -0.25) is 4.98 Å². The van der Waals surface area contributed by atoms with E-state index < -0.39 is 6.10 Å². The third-order valence-corrected chi connectivity index (χ3v) is 3.42. The molecule has 2 aromatic rings. The summed E-state index contributed by atoms with van der Waals surface area (Å²) in [6, 6.07) is 10.0. The standard InChI is InChI=1S/C15H16BrNO/c1-2-12-5-3-4-6-14(12)15(18)8-11-7-13(16)10-17-9-11/h3-7,9-10,15,18H,2,8H2,1H3. The van der Waals surface area contributed by atoms with Gasteiger partial charge in [0.1, 0.15) is 0 Å². The van der Waals surface area contributed by atoms with E-state index in [1.165, 1.54) is 5.56 Å². The van der Waals surface area contributed by atoms with Gasteiger partial charge < -0.3 is 5.11 Å². The quantitative estimate of drug-likeness (QED) is 0.934. The molecule has 0 aliphatic rings. The highest BCUT2D eigenvalue weighted by molar-refractivity contribution is 9.10. The minimum Gasteiger partial charge on any atom is -0.388 e. The molecule has 0 amide bonds. The van der Waals surface area contributed by atoms with Crippen LogP contribution in [0.25, 0.3) is 0 Å². The van der Waals surface area contributed by atoms with Gasteiger partial charge in [0, 0.05) is 23.3 Å². The van der Waals surface area contributed by atoms with Gasteiger partial charge in [0.15, 0.2) is 0 Å². The Morgan fingerprint density at radius 1 is 1.28 bits per heavy atom. The number of halogens is 1. The zero-order chi connectivity index (χ0) is 13.0. The van der Waals surface area contributed by atoms with E-state index >= 15 is 0 Å². The molecule has 0 spiro atoms. The number of aliphatic hydroxyl groups is 1. The first-order valence-electron chi connectivity index (χ1n) is 6.06. The van der Waals surface area contributed by atoms with Crippen LogP contribution < -0.4 is 0 Å². The van der Waals surface area contributed by atoms with E-state index in [4.69, 9.17) is 0 Å². The van der Waals surface area contributed by atoms with E-state index in [-0.39, 0.29) is 0 Å². The summed E-state index contributed by atoms with van der Waals surface area (Å²) in [5.41, 5.74) is 3.25. The zero-order valence-electron chi connectivity index (χ0n) is 10.3. The molecule has 1 N–H and O–H groups in total. The van der Waals surface area contributed by atoms with Crippen LogP contribution in [0, 0.1) is 0 Å². The van der Waals surface area contributed by atoms with Gasteiger partial charge in [-0.05, 0) is 45.1 Å². The minimum atomic E-state index is -0.475. The first-order valence-corrected chi connectivity index (χ1v) is 6.85. The molecule has 3 heteroatoms. The van der Waals surface area contributed by atoms with Crippen LogP contribution in [-0.2, 0) is 12.8 Å². The highest BCUT2D eigenvalue weighted by Crippen LogP contribution is 2.23. The average molecular weight is 306 g/mol. The van der Waals surface area contributed by atoms with Crippen molar-refractivity contribution in [1.29, 1.82) is 0 Å². The topological polar surface area (TPSA) is 33.1 Å². The summed E-state index contributed by atoms with van der Waals surface area (Å²) in [4.78, 5) is 4.12. The fraction of sp³-hybridized carbons (Fsp3) is 0.267. The second-order valence-corrected chi connectivity index (χ2v) is 5.20. The molecule has 94 valence electrons. The lowest BCUT2D eigenvalue weighted by Crippen LogP contribution is -2.05. The molecule has 2 nitrogen and oxygen atoms in total. The van der Waals surface area contributed by atoms with E-state index in [1.54, 1.807) is 12.4 Å². The molecule has 1 aromatic carbocycles. The number of aromatic nitrogens is 1. The Labute approximate surface area is 116 Å². The maximum absolute atomic E-state index is 10.3. The molecule has 1 unspecified atom stereocenters. The van der Waals surface area contributed by atoms with Crippen LogP contribution in [0.3, 0.4) is 0 Å². The average Bonchev–Trinajstić information content (AvgIpc) is 2.38. The van der Waals surface area contributed by atoms with Crippen LogP contribution in [0.2, 0.25) is 0 Å². The minimum absolute atomic E-state index is 0.475. The van der Waals surface area contributed by atoms with Gasteiger partial charge in [0.25, 0.3) is 0 Å². The van der Waals surface area contributed by atoms with E-state index in [0.717, 1.165) is 22.0 Å². The van der Waals surface area contributed by atoms with Gasteiger partial charge in [-0.15, -0.1) is 0 Å². The van der Waals surface area contributed by atoms with Crippen LogP contribution in [0.15, 0.2) is 47.2 Å². The van der Waals surface area contributed by atoms with Crippen LogP contribution in [0.5, 0.6) is 0 Å². The van der Waals surface area contributed by atoms with E-state index in [1.807, 2.05) is 24.3 Å². The molecule has 0 saturated heterocycles. The summed E-state index contributed by atoms with van der Waals surface area (Å²) in [5, 5.41) is 10.3. The van der Waals surface area contributed by atoms with Crippen molar-refractivity contribution in [3.05, 3.63) is 63.9 Å². The summed E-state index contributed by atoms with van der Waals surface area (Å²) in [6.45, 7) is 2.10. The summed E-state index contributed by atoms with van der Waals surface area (Å²) >= 11 is 3.39. The number of hydrogen-bond donors (Lipinski definition) is 1. The van der Waals surface area contributed by atoms with E-state index in [9.17, 15) is 5.11 Å². The van der Waals surface area contributed by atoms with Gasteiger partial charge in [0.05, 0.1) is 6.10 Å². The molecule has 2 rings (SSSR count). The number of aliphatic hydroxyl groups excluding tert-OH is 1. The first-order chi connectivity index (χ1) is 8.70. The Bertz CT molecular complexity index is 527. The molecule has 1 heterocycles. The number of benzene rings is 1. The lowest BCUT2D eigenvalue weighted by Gasteiger charge is -2.14. The molecule has 0 bridgehead atoms. The van der Waals surface area contributed by atoms with Crippen molar-refractivity contribution in [3.8, 4) is 0 Å². The molecule has 0 aliphatic heterocycles. The highest BCUT2D eigenvalue weighted by Gasteiger charge is 2.12. The molecule has 1 atom stereocenters. The Morgan fingerprint density at radius 2 is 2.06 bits per heavy atom.